The lowest BCUT2D eigenvalue weighted by molar-refractivity contribution is -0.385. The Morgan fingerprint density at radius 2 is 1.75 bits per heavy atom. The third-order valence-electron chi connectivity index (χ3n) is 4.33. The molecule has 0 aromatic heterocycles. The number of rotatable bonds is 6. The number of amides is 1. The summed E-state index contributed by atoms with van der Waals surface area (Å²) >= 11 is 0. The quantitative estimate of drug-likeness (QED) is 0.575. The third-order valence-corrected chi connectivity index (χ3v) is 6.24. The van der Waals surface area contributed by atoms with Crippen LogP contribution in [0.1, 0.15) is 15.9 Å². The number of nitrogens with one attached hydrogen (secondary N) is 1. The maximum absolute atomic E-state index is 12.6. The Morgan fingerprint density at radius 1 is 1.11 bits per heavy atom. The van der Waals surface area contributed by atoms with E-state index in [1.165, 1.54) is 34.6 Å². The molecule has 0 atom stereocenters. The van der Waals surface area contributed by atoms with Crippen molar-refractivity contribution in [3.05, 3.63) is 69.8 Å². The molecule has 1 N–H and O–H groups in total. The number of carbonyl (C=O) groups excluding carboxylic acids is 1. The second-order valence-electron chi connectivity index (χ2n) is 6.12. The van der Waals surface area contributed by atoms with E-state index in [1.54, 1.807) is 18.2 Å². The van der Waals surface area contributed by atoms with Gasteiger partial charge in [0.2, 0.25) is 10.0 Å². The zero-order valence-corrected chi connectivity index (χ0v) is 15.7. The Hall–Kier alpha value is -2.82. The minimum atomic E-state index is -3.58. The number of hydrogen-bond acceptors (Lipinski definition) is 6. The lowest BCUT2D eigenvalue weighted by Crippen LogP contribution is -2.40. The summed E-state index contributed by atoms with van der Waals surface area (Å²) in [5.41, 5.74) is 0.374. The number of carbonyl (C=O) groups is 1. The third kappa shape index (κ3) is 4.35. The van der Waals surface area contributed by atoms with Gasteiger partial charge in [0.05, 0.1) is 23.0 Å². The molecule has 0 aliphatic carbocycles. The van der Waals surface area contributed by atoms with E-state index in [0.717, 1.165) is 0 Å². The van der Waals surface area contributed by atoms with E-state index in [1.807, 2.05) is 0 Å². The molecule has 0 saturated carbocycles. The van der Waals surface area contributed by atoms with Gasteiger partial charge in [-0.1, -0.05) is 24.3 Å². The number of benzene rings is 2. The van der Waals surface area contributed by atoms with E-state index < -0.39 is 20.9 Å². The number of nitro benzene ring substituents is 1. The normalized spacial score (nSPS) is 15.1. The van der Waals surface area contributed by atoms with Gasteiger partial charge in [0.1, 0.15) is 5.56 Å². The van der Waals surface area contributed by atoms with Gasteiger partial charge in [0.25, 0.3) is 11.6 Å². The summed E-state index contributed by atoms with van der Waals surface area (Å²) in [7, 11) is -3.58. The molecule has 148 valence electrons. The second kappa shape index (κ2) is 8.46. The Balaban J connectivity index is 1.66. The predicted octanol–water partition coefficient (Wildman–Crippen LogP) is 1.55. The van der Waals surface area contributed by atoms with E-state index in [4.69, 9.17) is 4.74 Å². The van der Waals surface area contributed by atoms with Crippen LogP contribution >= 0.6 is 0 Å². The maximum atomic E-state index is 12.6. The molecule has 0 radical (unpaired) electrons. The van der Waals surface area contributed by atoms with Crippen LogP contribution < -0.4 is 5.32 Å². The molecule has 0 bridgehead atoms. The Bertz CT molecular complexity index is 969. The van der Waals surface area contributed by atoms with E-state index in [9.17, 15) is 23.3 Å². The van der Waals surface area contributed by atoms with Crippen LogP contribution in [0, 0.1) is 10.1 Å². The van der Waals surface area contributed by atoms with Crippen molar-refractivity contribution < 1.29 is 22.9 Å². The Morgan fingerprint density at radius 3 is 2.39 bits per heavy atom. The molecule has 1 fully saturated rings. The van der Waals surface area contributed by atoms with Crippen molar-refractivity contribution in [2.24, 2.45) is 0 Å². The summed E-state index contributed by atoms with van der Waals surface area (Å²) in [6.07, 6.45) is 0. The van der Waals surface area contributed by atoms with Crippen molar-refractivity contribution >= 4 is 21.6 Å². The summed E-state index contributed by atoms with van der Waals surface area (Å²) in [5.74, 6) is -0.572. The van der Waals surface area contributed by atoms with Crippen molar-refractivity contribution in [1.82, 2.24) is 9.62 Å². The molecule has 1 amide bonds. The molecule has 1 aliphatic heterocycles. The zero-order valence-electron chi connectivity index (χ0n) is 14.9. The molecule has 28 heavy (non-hydrogen) atoms. The first kappa shape index (κ1) is 19.9. The maximum Gasteiger partial charge on any atom is 0.282 e. The van der Waals surface area contributed by atoms with Gasteiger partial charge in [-0.05, 0) is 23.8 Å². The van der Waals surface area contributed by atoms with Crippen LogP contribution in [0.5, 0.6) is 0 Å². The van der Waals surface area contributed by atoms with E-state index in [-0.39, 0.29) is 22.7 Å². The average Bonchev–Trinajstić information content (AvgIpc) is 2.73. The molecular formula is C18H19N3O6S. The van der Waals surface area contributed by atoms with Crippen molar-refractivity contribution in [3.63, 3.8) is 0 Å². The summed E-state index contributed by atoms with van der Waals surface area (Å²) in [4.78, 5) is 22.8. The summed E-state index contributed by atoms with van der Waals surface area (Å²) in [6.45, 7) is 1.48. The fourth-order valence-electron chi connectivity index (χ4n) is 2.82. The van der Waals surface area contributed by atoms with Crippen LogP contribution in [-0.4, -0.2) is 49.9 Å². The fourth-order valence-corrected chi connectivity index (χ4v) is 4.23. The molecule has 1 aliphatic rings. The van der Waals surface area contributed by atoms with Gasteiger partial charge >= 0.3 is 0 Å². The second-order valence-corrected chi connectivity index (χ2v) is 8.06. The van der Waals surface area contributed by atoms with Crippen LogP contribution in [0.2, 0.25) is 0 Å². The van der Waals surface area contributed by atoms with Gasteiger partial charge in [-0.25, -0.2) is 8.42 Å². The number of nitro groups is 1. The standard InChI is InChI=1S/C18H19N3O6S/c22-18(16-3-1-2-4-17(16)21(23)24)19-13-14-5-7-15(8-6-14)28(25,26)20-9-11-27-12-10-20/h1-8H,9-13H2,(H,19,22). The van der Waals surface area contributed by atoms with Gasteiger partial charge in [-0.2, -0.15) is 4.31 Å². The van der Waals surface area contributed by atoms with Gasteiger partial charge < -0.3 is 10.1 Å². The van der Waals surface area contributed by atoms with Crippen molar-refractivity contribution in [3.8, 4) is 0 Å². The zero-order chi connectivity index (χ0) is 20.1. The highest BCUT2D eigenvalue weighted by atomic mass is 32.2. The van der Waals surface area contributed by atoms with E-state index >= 15 is 0 Å². The van der Waals surface area contributed by atoms with Crippen molar-refractivity contribution in [2.45, 2.75) is 11.4 Å². The fraction of sp³-hybridized carbons (Fsp3) is 0.278. The first-order valence-electron chi connectivity index (χ1n) is 8.58. The SMILES string of the molecule is O=C(NCc1ccc(S(=O)(=O)N2CCOCC2)cc1)c1ccccc1[N+](=O)[O-]. The van der Waals surface area contributed by atoms with Gasteiger partial charge in [-0.3, -0.25) is 14.9 Å². The molecule has 0 unspecified atom stereocenters. The first-order valence-corrected chi connectivity index (χ1v) is 10.0. The minimum Gasteiger partial charge on any atom is -0.379 e. The smallest absolute Gasteiger partial charge is 0.282 e. The van der Waals surface area contributed by atoms with E-state index in [0.29, 0.717) is 31.9 Å². The first-order chi connectivity index (χ1) is 13.4. The van der Waals surface area contributed by atoms with Crippen molar-refractivity contribution in [1.29, 1.82) is 0 Å². The summed E-state index contributed by atoms with van der Waals surface area (Å²) in [5, 5.41) is 13.6. The molecular weight excluding hydrogens is 386 g/mol. The van der Waals surface area contributed by atoms with E-state index in [2.05, 4.69) is 5.32 Å². The average molecular weight is 405 g/mol. The van der Waals surface area contributed by atoms with Crippen LogP contribution in [0.15, 0.2) is 53.4 Å². The van der Waals surface area contributed by atoms with Crippen LogP contribution in [-0.2, 0) is 21.3 Å². The lowest BCUT2D eigenvalue weighted by Gasteiger charge is -2.26. The van der Waals surface area contributed by atoms with Crippen LogP contribution in [0.25, 0.3) is 0 Å². The van der Waals surface area contributed by atoms with Gasteiger partial charge in [-0.15, -0.1) is 0 Å². The minimum absolute atomic E-state index is 0.0287. The summed E-state index contributed by atoms with van der Waals surface area (Å²) < 4.78 is 31.7. The monoisotopic (exact) mass is 405 g/mol. The number of hydrogen-bond donors (Lipinski definition) is 1. The molecule has 10 heteroatoms. The highest BCUT2D eigenvalue weighted by Crippen LogP contribution is 2.19. The molecule has 2 aromatic rings. The number of nitrogens with zero attached hydrogens (tertiary/aromatic N) is 2. The molecule has 0 spiro atoms. The van der Waals surface area contributed by atoms with Crippen LogP contribution in [0.4, 0.5) is 5.69 Å². The lowest BCUT2D eigenvalue weighted by atomic mass is 10.1. The van der Waals surface area contributed by atoms with Gasteiger partial charge in [0.15, 0.2) is 0 Å². The Labute approximate surface area is 162 Å². The highest BCUT2D eigenvalue weighted by Gasteiger charge is 2.26. The van der Waals surface area contributed by atoms with Crippen molar-refractivity contribution in [2.75, 3.05) is 26.3 Å². The molecule has 3 rings (SSSR count). The molecule has 1 heterocycles. The topological polar surface area (TPSA) is 119 Å². The largest absolute Gasteiger partial charge is 0.379 e. The van der Waals surface area contributed by atoms with Crippen LogP contribution in [0.3, 0.4) is 0 Å². The number of para-hydroxylation sites is 1. The molecule has 1 saturated heterocycles. The molecule has 9 nitrogen and oxygen atoms in total. The molecule has 2 aromatic carbocycles. The number of morpholine rings is 1. The summed E-state index contributed by atoms with van der Waals surface area (Å²) in [6, 6.07) is 11.9. The Kier molecular flexibility index (Phi) is 6.02. The number of sulfonamides is 1. The highest BCUT2D eigenvalue weighted by molar-refractivity contribution is 7.89. The number of ether oxygens (including phenoxy) is 1. The predicted molar refractivity (Wildman–Crippen MR) is 100 cm³/mol. The van der Waals surface area contributed by atoms with Gasteiger partial charge in [0, 0.05) is 25.7 Å².